The SMILES string of the molecule is COc1cc2c(Cl)c(C#N)cnc2cc1OC[C@@H]1CC[C@H](n2ccc3c(N)ncnc32)O1. The number of nitriles is 1. The normalized spacial score (nSPS) is 18.2. The average Bonchev–Trinajstić information content (AvgIpc) is 3.45. The zero-order valence-electron chi connectivity index (χ0n) is 17.2. The number of rotatable bonds is 5. The lowest BCUT2D eigenvalue weighted by Crippen LogP contribution is -2.18. The summed E-state index contributed by atoms with van der Waals surface area (Å²) in [5.74, 6) is 1.49. The van der Waals surface area contributed by atoms with E-state index in [9.17, 15) is 0 Å². The number of hydrogen-bond acceptors (Lipinski definition) is 8. The molecule has 0 bridgehead atoms. The molecule has 1 aromatic carbocycles. The second kappa shape index (κ2) is 8.15. The second-order valence-electron chi connectivity index (χ2n) is 7.44. The summed E-state index contributed by atoms with van der Waals surface area (Å²) in [5.41, 5.74) is 7.61. The smallest absolute Gasteiger partial charge is 0.163 e. The Morgan fingerprint density at radius 3 is 2.94 bits per heavy atom. The van der Waals surface area contributed by atoms with Crippen LogP contribution in [0, 0.1) is 11.3 Å². The third-order valence-corrected chi connectivity index (χ3v) is 5.98. The molecule has 0 aliphatic carbocycles. The van der Waals surface area contributed by atoms with E-state index in [0.717, 1.165) is 23.9 Å². The Morgan fingerprint density at radius 2 is 2.12 bits per heavy atom. The second-order valence-corrected chi connectivity index (χ2v) is 7.82. The van der Waals surface area contributed by atoms with Crippen molar-refractivity contribution in [3.8, 4) is 17.6 Å². The van der Waals surface area contributed by atoms with Crippen molar-refractivity contribution in [3.63, 3.8) is 0 Å². The molecule has 1 aliphatic rings. The maximum atomic E-state index is 9.17. The molecule has 1 aliphatic heterocycles. The van der Waals surface area contributed by atoms with Crippen LogP contribution in [0.4, 0.5) is 5.82 Å². The molecule has 9 nitrogen and oxygen atoms in total. The van der Waals surface area contributed by atoms with E-state index in [4.69, 9.17) is 36.8 Å². The molecule has 0 unspecified atom stereocenters. The highest BCUT2D eigenvalue weighted by atomic mass is 35.5. The molecule has 1 saturated heterocycles. The first kappa shape index (κ1) is 20.3. The lowest BCUT2D eigenvalue weighted by molar-refractivity contribution is -0.0159. The summed E-state index contributed by atoms with van der Waals surface area (Å²) in [6.07, 6.45) is 6.22. The molecule has 3 aromatic heterocycles. The van der Waals surface area contributed by atoms with Crippen LogP contribution in [0.2, 0.25) is 5.02 Å². The molecule has 2 N–H and O–H groups in total. The summed E-state index contributed by atoms with van der Waals surface area (Å²) in [7, 11) is 1.55. The molecule has 0 amide bonds. The van der Waals surface area contributed by atoms with E-state index in [1.807, 2.05) is 22.9 Å². The van der Waals surface area contributed by atoms with Crippen molar-refractivity contribution >= 4 is 39.4 Å². The summed E-state index contributed by atoms with van der Waals surface area (Å²) in [4.78, 5) is 12.7. The van der Waals surface area contributed by atoms with Crippen LogP contribution in [0.5, 0.6) is 11.5 Å². The van der Waals surface area contributed by atoms with Gasteiger partial charge in [0.05, 0.1) is 34.7 Å². The summed E-state index contributed by atoms with van der Waals surface area (Å²) in [6.45, 7) is 0.346. The van der Waals surface area contributed by atoms with Gasteiger partial charge < -0.3 is 24.5 Å². The molecule has 10 heteroatoms. The zero-order valence-corrected chi connectivity index (χ0v) is 17.9. The molecule has 32 heavy (non-hydrogen) atoms. The number of aromatic nitrogens is 4. The van der Waals surface area contributed by atoms with Crippen molar-refractivity contribution in [3.05, 3.63) is 47.5 Å². The third kappa shape index (κ3) is 3.43. The monoisotopic (exact) mass is 450 g/mol. The van der Waals surface area contributed by atoms with Crippen molar-refractivity contribution in [1.82, 2.24) is 19.5 Å². The fourth-order valence-electron chi connectivity index (χ4n) is 3.94. The van der Waals surface area contributed by atoms with Gasteiger partial charge in [-0.15, -0.1) is 0 Å². The first-order valence-corrected chi connectivity index (χ1v) is 10.4. The molecule has 5 rings (SSSR count). The van der Waals surface area contributed by atoms with Gasteiger partial charge in [-0.05, 0) is 25.0 Å². The standard InChI is InChI=1S/C22H19ClN6O3/c1-30-17-6-15-16(26-9-12(8-24)20(15)23)7-18(17)31-10-13-2-3-19(32-13)29-5-4-14-21(25)27-11-28-22(14)29/h4-7,9,11,13,19H,2-3,10H2,1H3,(H2,25,27,28)/t13-,19+/m0/s1. The largest absolute Gasteiger partial charge is 0.493 e. The lowest BCUT2D eigenvalue weighted by atomic mass is 10.1. The van der Waals surface area contributed by atoms with Crippen LogP contribution in [-0.2, 0) is 4.74 Å². The Labute approximate surface area is 188 Å². The van der Waals surface area contributed by atoms with Gasteiger partial charge in [-0.3, -0.25) is 4.98 Å². The number of fused-ring (bicyclic) bond motifs is 2. The van der Waals surface area contributed by atoms with Gasteiger partial charge in [0, 0.05) is 23.8 Å². The number of benzene rings is 1. The number of nitrogen functional groups attached to an aromatic ring is 1. The van der Waals surface area contributed by atoms with Crippen LogP contribution >= 0.6 is 11.6 Å². The molecule has 0 spiro atoms. The Morgan fingerprint density at radius 1 is 1.25 bits per heavy atom. The molecule has 1 fully saturated rings. The van der Waals surface area contributed by atoms with Crippen molar-refractivity contribution < 1.29 is 14.2 Å². The van der Waals surface area contributed by atoms with Crippen molar-refractivity contribution in [2.45, 2.75) is 25.2 Å². The van der Waals surface area contributed by atoms with Gasteiger partial charge >= 0.3 is 0 Å². The minimum absolute atomic E-state index is 0.102. The number of ether oxygens (including phenoxy) is 3. The molecule has 0 saturated carbocycles. The number of halogens is 1. The minimum atomic E-state index is -0.154. The highest BCUT2D eigenvalue weighted by Gasteiger charge is 2.28. The molecule has 2 atom stereocenters. The predicted octanol–water partition coefficient (Wildman–Crippen LogP) is 3.85. The Balaban J connectivity index is 1.33. The van der Waals surface area contributed by atoms with Gasteiger partial charge in [0.25, 0.3) is 0 Å². The van der Waals surface area contributed by atoms with E-state index < -0.39 is 0 Å². The highest BCUT2D eigenvalue weighted by Crippen LogP contribution is 2.37. The third-order valence-electron chi connectivity index (χ3n) is 5.57. The number of nitrogens with two attached hydrogens (primary N) is 1. The first-order chi connectivity index (χ1) is 15.6. The van der Waals surface area contributed by atoms with Crippen LogP contribution in [0.3, 0.4) is 0 Å². The Hall–Kier alpha value is -3.61. The summed E-state index contributed by atoms with van der Waals surface area (Å²) >= 11 is 6.32. The fourth-order valence-corrected chi connectivity index (χ4v) is 4.18. The van der Waals surface area contributed by atoms with Crippen molar-refractivity contribution in [2.24, 2.45) is 0 Å². The molecular formula is C22H19ClN6O3. The minimum Gasteiger partial charge on any atom is -0.493 e. The van der Waals surface area contributed by atoms with E-state index >= 15 is 0 Å². The topological polar surface area (TPSA) is 121 Å². The van der Waals surface area contributed by atoms with E-state index in [2.05, 4.69) is 15.0 Å². The number of pyridine rings is 1. The van der Waals surface area contributed by atoms with Gasteiger partial charge in [-0.25, -0.2) is 9.97 Å². The van der Waals surface area contributed by atoms with Crippen LogP contribution in [-0.4, -0.2) is 39.3 Å². The predicted molar refractivity (Wildman–Crippen MR) is 119 cm³/mol. The quantitative estimate of drug-likeness (QED) is 0.486. The van der Waals surface area contributed by atoms with Gasteiger partial charge in [0.15, 0.2) is 11.5 Å². The number of methoxy groups -OCH3 is 1. The van der Waals surface area contributed by atoms with Gasteiger partial charge in [-0.2, -0.15) is 5.26 Å². The average molecular weight is 451 g/mol. The van der Waals surface area contributed by atoms with E-state index in [1.165, 1.54) is 12.5 Å². The molecule has 162 valence electrons. The van der Waals surface area contributed by atoms with Gasteiger partial charge in [0.2, 0.25) is 0 Å². The molecule has 4 aromatic rings. The van der Waals surface area contributed by atoms with Crippen molar-refractivity contribution in [2.75, 3.05) is 19.5 Å². The molecule has 4 heterocycles. The summed E-state index contributed by atoms with van der Waals surface area (Å²) in [5, 5.41) is 10.9. The fraction of sp³-hybridized carbons (Fsp3) is 0.273. The summed E-state index contributed by atoms with van der Waals surface area (Å²) in [6, 6.07) is 7.42. The Kier molecular flexibility index (Phi) is 5.17. The van der Waals surface area contributed by atoms with Gasteiger partial charge in [0.1, 0.15) is 36.7 Å². The lowest BCUT2D eigenvalue weighted by Gasteiger charge is -2.18. The zero-order chi connectivity index (χ0) is 22.2. The Bertz CT molecular complexity index is 1370. The summed E-state index contributed by atoms with van der Waals surface area (Å²) < 4.78 is 19.7. The number of nitrogens with zero attached hydrogens (tertiary/aromatic N) is 5. The molecule has 0 radical (unpaired) electrons. The van der Waals surface area contributed by atoms with Crippen LogP contribution in [0.1, 0.15) is 24.6 Å². The van der Waals surface area contributed by atoms with Crippen LogP contribution in [0.25, 0.3) is 21.9 Å². The maximum Gasteiger partial charge on any atom is 0.163 e. The van der Waals surface area contributed by atoms with Gasteiger partial charge in [-0.1, -0.05) is 11.6 Å². The van der Waals surface area contributed by atoms with Crippen molar-refractivity contribution in [1.29, 1.82) is 5.26 Å². The molecular weight excluding hydrogens is 432 g/mol. The highest BCUT2D eigenvalue weighted by molar-refractivity contribution is 6.36. The first-order valence-electron chi connectivity index (χ1n) is 10.0. The number of hydrogen-bond donors (Lipinski definition) is 1. The van der Waals surface area contributed by atoms with Crippen LogP contribution < -0.4 is 15.2 Å². The van der Waals surface area contributed by atoms with E-state index in [1.54, 1.807) is 19.2 Å². The number of anilines is 1. The van der Waals surface area contributed by atoms with E-state index in [-0.39, 0.29) is 12.3 Å². The van der Waals surface area contributed by atoms with Crippen LogP contribution in [0.15, 0.2) is 36.9 Å². The maximum absolute atomic E-state index is 9.17. The van der Waals surface area contributed by atoms with E-state index in [0.29, 0.717) is 45.4 Å².